The average Bonchev–Trinajstić information content (AvgIpc) is 2.08. The van der Waals surface area contributed by atoms with Gasteiger partial charge in [-0.25, -0.2) is 0 Å². The highest BCUT2D eigenvalue weighted by atomic mass is 15.1. The van der Waals surface area contributed by atoms with Crippen LogP contribution in [0.25, 0.3) is 0 Å². The fourth-order valence-corrected chi connectivity index (χ4v) is 1.16. The Balaban J connectivity index is 2.51. The molecule has 0 bridgehead atoms. The van der Waals surface area contributed by atoms with Crippen LogP contribution in [0.1, 0.15) is 0 Å². The Hall–Kier alpha value is -1.42. The van der Waals surface area contributed by atoms with Crippen LogP contribution in [0, 0.1) is 0 Å². The highest BCUT2D eigenvalue weighted by Gasteiger charge is 1.98. The lowest BCUT2D eigenvalue weighted by atomic mass is 10.2. The summed E-state index contributed by atoms with van der Waals surface area (Å²) in [7, 11) is 4.07. The summed E-state index contributed by atoms with van der Waals surface area (Å²) < 4.78 is 0. The van der Waals surface area contributed by atoms with E-state index in [-0.39, 0.29) is 0 Å². The first-order valence-corrected chi connectivity index (χ1v) is 4.63. The normalized spacial score (nSPS) is 10.5. The van der Waals surface area contributed by atoms with Gasteiger partial charge in [0.2, 0.25) is 0 Å². The molecule has 0 spiro atoms. The number of hydrogen-bond acceptors (Lipinski definition) is 4. The number of nitrogens with two attached hydrogens (primary N) is 2. The smallest absolute Gasteiger partial charge is 0.0575 e. The molecule has 4 heteroatoms. The van der Waals surface area contributed by atoms with Crippen molar-refractivity contribution in [3.05, 3.63) is 18.2 Å². The van der Waals surface area contributed by atoms with Gasteiger partial charge in [-0.15, -0.1) is 0 Å². The number of nitrogens with one attached hydrogen (secondary N) is 1. The molecule has 1 rings (SSSR count). The fourth-order valence-electron chi connectivity index (χ4n) is 1.16. The second-order valence-corrected chi connectivity index (χ2v) is 3.58. The molecule has 5 N–H and O–H groups in total. The van der Waals surface area contributed by atoms with Crippen molar-refractivity contribution in [1.29, 1.82) is 0 Å². The predicted molar refractivity (Wildman–Crippen MR) is 62.3 cm³/mol. The van der Waals surface area contributed by atoms with Crippen LogP contribution in [0.4, 0.5) is 17.1 Å². The summed E-state index contributed by atoms with van der Waals surface area (Å²) in [5.74, 6) is 0. The molecule has 0 aliphatic heterocycles. The molecule has 0 aliphatic carbocycles. The van der Waals surface area contributed by atoms with Crippen LogP contribution in [0.2, 0.25) is 0 Å². The molecular weight excluding hydrogens is 176 g/mol. The zero-order chi connectivity index (χ0) is 10.6. The third-order valence-electron chi connectivity index (χ3n) is 1.95. The van der Waals surface area contributed by atoms with Crippen LogP contribution in [0.3, 0.4) is 0 Å². The molecular formula is C10H18N4. The number of rotatable bonds is 4. The van der Waals surface area contributed by atoms with E-state index in [0.717, 1.165) is 18.8 Å². The quantitative estimate of drug-likeness (QED) is 0.621. The summed E-state index contributed by atoms with van der Waals surface area (Å²) in [6, 6.07) is 5.51. The maximum atomic E-state index is 5.78. The third kappa shape index (κ3) is 3.14. The second kappa shape index (κ2) is 4.72. The van der Waals surface area contributed by atoms with Crippen LogP contribution in [0.15, 0.2) is 18.2 Å². The molecule has 14 heavy (non-hydrogen) atoms. The number of likely N-dealkylation sites (N-methyl/N-ethyl adjacent to an activating group) is 1. The van der Waals surface area contributed by atoms with Gasteiger partial charge in [0.25, 0.3) is 0 Å². The molecule has 0 atom stereocenters. The number of anilines is 3. The van der Waals surface area contributed by atoms with Crippen molar-refractivity contribution in [1.82, 2.24) is 4.90 Å². The lowest BCUT2D eigenvalue weighted by Crippen LogP contribution is -2.21. The minimum absolute atomic E-state index is 0.695. The summed E-state index contributed by atoms with van der Waals surface area (Å²) in [4.78, 5) is 2.11. The standard InChI is InChI=1S/C10H18N4/c1-14(2)6-5-13-10-4-3-8(11)7-9(10)12/h3-4,7,13H,5-6,11-12H2,1-2H3. The minimum atomic E-state index is 0.695. The molecule has 0 radical (unpaired) electrons. The van der Waals surface area contributed by atoms with Crippen LogP contribution in [-0.4, -0.2) is 32.1 Å². The molecule has 4 nitrogen and oxygen atoms in total. The van der Waals surface area contributed by atoms with E-state index < -0.39 is 0 Å². The van der Waals surface area contributed by atoms with Gasteiger partial charge in [-0.2, -0.15) is 0 Å². The van der Waals surface area contributed by atoms with Crippen molar-refractivity contribution in [3.63, 3.8) is 0 Å². The topological polar surface area (TPSA) is 67.3 Å². The maximum Gasteiger partial charge on any atom is 0.0575 e. The molecule has 0 aromatic heterocycles. The van der Waals surface area contributed by atoms with Crippen LogP contribution >= 0.6 is 0 Å². The molecule has 0 amide bonds. The van der Waals surface area contributed by atoms with E-state index in [2.05, 4.69) is 10.2 Å². The van der Waals surface area contributed by atoms with Gasteiger partial charge >= 0.3 is 0 Å². The lowest BCUT2D eigenvalue weighted by molar-refractivity contribution is 0.425. The molecule has 78 valence electrons. The molecule has 0 aliphatic rings. The second-order valence-electron chi connectivity index (χ2n) is 3.58. The number of benzene rings is 1. The summed E-state index contributed by atoms with van der Waals surface area (Å²) in [6.45, 7) is 1.85. The Morgan fingerprint density at radius 1 is 1.29 bits per heavy atom. The van der Waals surface area contributed by atoms with Gasteiger partial charge in [0.05, 0.1) is 11.4 Å². The van der Waals surface area contributed by atoms with Gasteiger partial charge in [0.15, 0.2) is 0 Å². The van der Waals surface area contributed by atoms with E-state index in [1.54, 1.807) is 6.07 Å². The van der Waals surface area contributed by atoms with Crippen LogP contribution in [0.5, 0.6) is 0 Å². The first-order valence-electron chi connectivity index (χ1n) is 4.63. The Morgan fingerprint density at radius 2 is 2.00 bits per heavy atom. The molecule has 1 aromatic rings. The van der Waals surface area contributed by atoms with Gasteiger partial charge in [0.1, 0.15) is 0 Å². The van der Waals surface area contributed by atoms with E-state index in [9.17, 15) is 0 Å². The summed E-state index contributed by atoms with van der Waals surface area (Å²) in [5, 5.41) is 3.25. The largest absolute Gasteiger partial charge is 0.399 e. The van der Waals surface area contributed by atoms with E-state index in [0.29, 0.717) is 11.4 Å². The summed E-state index contributed by atoms with van der Waals surface area (Å²) in [6.07, 6.45) is 0. The van der Waals surface area contributed by atoms with E-state index in [4.69, 9.17) is 11.5 Å². The third-order valence-corrected chi connectivity index (χ3v) is 1.95. The van der Waals surface area contributed by atoms with Gasteiger partial charge < -0.3 is 21.7 Å². The Labute approximate surface area is 84.9 Å². The fraction of sp³-hybridized carbons (Fsp3) is 0.400. The summed E-state index contributed by atoms with van der Waals surface area (Å²) in [5.41, 5.74) is 13.7. The van der Waals surface area contributed by atoms with Gasteiger partial charge in [-0.3, -0.25) is 0 Å². The van der Waals surface area contributed by atoms with E-state index >= 15 is 0 Å². The van der Waals surface area contributed by atoms with Crippen molar-refractivity contribution in [2.75, 3.05) is 44.0 Å². The highest BCUT2D eigenvalue weighted by Crippen LogP contribution is 2.20. The molecule has 0 saturated heterocycles. The molecule has 1 aromatic carbocycles. The Kier molecular flexibility index (Phi) is 3.59. The maximum absolute atomic E-state index is 5.78. The molecule has 0 heterocycles. The van der Waals surface area contributed by atoms with E-state index in [1.165, 1.54) is 0 Å². The molecule has 0 unspecified atom stereocenters. The lowest BCUT2D eigenvalue weighted by Gasteiger charge is -2.13. The Bertz CT molecular complexity index is 296. The van der Waals surface area contributed by atoms with Crippen molar-refractivity contribution < 1.29 is 0 Å². The van der Waals surface area contributed by atoms with Gasteiger partial charge in [-0.05, 0) is 32.3 Å². The zero-order valence-corrected chi connectivity index (χ0v) is 8.75. The van der Waals surface area contributed by atoms with Crippen LogP contribution < -0.4 is 16.8 Å². The number of nitrogens with zero attached hydrogens (tertiary/aromatic N) is 1. The van der Waals surface area contributed by atoms with Crippen molar-refractivity contribution in [2.24, 2.45) is 0 Å². The monoisotopic (exact) mass is 194 g/mol. The summed E-state index contributed by atoms with van der Waals surface area (Å²) >= 11 is 0. The molecule has 0 saturated carbocycles. The average molecular weight is 194 g/mol. The SMILES string of the molecule is CN(C)CCNc1ccc(N)cc1N. The van der Waals surface area contributed by atoms with Crippen molar-refractivity contribution in [3.8, 4) is 0 Å². The first kappa shape index (κ1) is 10.7. The van der Waals surface area contributed by atoms with Crippen molar-refractivity contribution >= 4 is 17.1 Å². The highest BCUT2D eigenvalue weighted by molar-refractivity contribution is 5.70. The first-order chi connectivity index (χ1) is 6.59. The van der Waals surface area contributed by atoms with Crippen molar-refractivity contribution in [2.45, 2.75) is 0 Å². The number of nitrogen functional groups attached to an aromatic ring is 2. The molecule has 0 fully saturated rings. The van der Waals surface area contributed by atoms with E-state index in [1.807, 2.05) is 26.2 Å². The minimum Gasteiger partial charge on any atom is -0.399 e. The number of hydrogen-bond donors (Lipinski definition) is 3. The Morgan fingerprint density at radius 3 is 2.57 bits per heavy atom. The van der Waals surface area contributed by atoms with Gasteiger partial charge in [-0.1, -0.05) is 0 Å². The zero-order valence-electron chi connectivity index (χ0n) is 8.75. The predicted octanol–water partition coefficient (Wildman–Crippen LogP) is 0.825. The van der Waals surface area contributed by atoms with Crippen LogP contribution in [-0.2, 0) is 0 Å². The van der Waals surface area contributed by atoms with Gasteiger partial charge in [0, 0.05) is 18.8 Å².